The summed E-state index contributed by atoms with van der Waals surface area (Å²) in [4.78, 5) is 26.6. The molecular weight excluding hydrogens is 516 g/mol. The molecule has 0 saturated heterocycles. The number of carbonyl (C=O) groups excluding carboxylic acids is 1. The van der Waals surface area contributed by atoms with Gasteiger partial charge >= 0.3 is 0 Å². The molecule has 1 N–H and O–H groups in total. The van der Waals surface area contributed by atoms with E-state index in [-0.39, 0.29) is 23.2 Å². The molecule has 5 aromatic rings. The molecule has 202 valence electrons. The summed E-state index contributed by atoms with van der Waals surface area (Å²) in [6.07, 6.45) is 4.77. The molecule has 41 heavy (non-hydrogen) atoms. The van der Waals surface area contributed by atoms with Crippen molar-refractivity contribution in [3.8, 4) is 34.6 Å². The van der Waals surface area contributed by atoms with Gasteiger partial charge in [0, 0.05) is 17.3 Å². The van der Waals surface area contributed by atoms with Crippen molar-refractivity contribution in [1.82, 2.24) is 14.3 Å². The number of benzene rings is 3. The minimum Gasteiger partial charge on any atom is -0.497 e. The summed E-state index contributed by atoms with van der Waals surface area (Å²) in [5, 5.41) is 25.6. The number of para-hydroxylation sites is 1. The van der Waals surface area contributed by atoms with Crippen LogP contribution in [-0.2, 0) is 6.54 Å². The van der Waals surface area contributed by atoms with Gasteiger partial charge in [-0.25, -0.2) is 4.68 Å². The largest absolute Gasteiger partial charge is 0.497 e. The van der Waals surface area contributed by atoms with Crippen molar-refractivity contribution in [3.63, 3.8) is 0 Å². The number of aromatic hydroxyl groups is 1. The van der Waals surface area contributed by atoms with Crippen LogP contribution < -0.4 is 10.3 Å². The van der Waals surface area contributed by atoms with E-state index >= 15 is 0 Å². The summed E-state index contributed by atoms with van der Waals surface area (Å²) in [7, 11) is 1.55. The summed E-state index contributed by atoms with van der Waals surface area (Å²) in [6.45, 7) is 1.46. The van der Waals surface area contributed by atoms with Crippen molar-refractivity contribution in [1.29, 1.82) is 5.26 Å². The van der Waals surface area contributed by atoms with Gasteiger partial charge in [-0.15, -0.1) is 0 Å². The number of pyridine rings is 1. The Morgan fingerprint density at radius 1 is 1.02 bits per heavy atom. The number of rotatable bonds is 8. The van der Waals surface area contributed by atoms with Gasteiger partial charge in [-0.1, -0.05) is 60.7 Å². The van der Waals surface area contributed by atoms with Gasteiger partial charge in [0.1, 0.15) is 17.4 Å². The molecule has 0 unspecified atom stereocenters. The maximum atomic E-state index is 13.5. The van der Waals surface area contributed by atoms with Crippen LogP contribution >= 0.6 is 0 Å². The third-order valence-electron chi connectivity index (χ3n) is 6.77. The minimum absolute atomic E-state index is 0.0321. The van der Waals surface area contributed by atoms with Crippen molar-refractivity contribution >= 4 is 11.9 Å². The van der Waals surface area contributed by atoms with Gasteiger partial charge < -0.3 is 9.84 Å². The smallest absolute Gasteiger partial charge is 0.271 e. The van der Waals surface area contributed by atoms with E-state index in [1.54, 1.807) is 42.1 Å². The molecule has 0 aliphatic carbocycles. The third kappa shape index (κ3) is 5.42. The lowest BCUT2D eigenvalue weighted by Gasteiger charge is -2.15. The molecule has 0 fully saturated rings. The molecule has 8 nitrogen and oxygen atoms in total. The van der Waals surface area contributed by atoms with Crippen LogP contribution in [-0.4, -0.2) is 32.3 Å². The number of ether oxygens (including phenoxy) is 1. The molecule has 0 radical (unpaired) electrons. The highest BCUT2D eigenvalue weighted by Gasteiger charge is 2.23. The number of methoxy groups -OCH3 is 1. The fraction of sp³-hybridized carbons (Fsp3) is 0.0909. The van der Waals surface area contributed by atoms with E-state index < -0.39 is 17.2 Å². The second-order valence-corrected chi connectivity index (χ2v) is 9.33. The van der Waals surface area contributed by atoms with Gasteiger partial charge in [0.15, 0.2) is 5.78 Å². The van der Waals surface area contributed by atoms with Crippen molar-refractivity contribution in [2.75, 3.05) is 7.11 Å². The Morgan fingerprint density at radius 2 is 1.68 bits per heavy atom. The first kappa shape index (κ1) is 26.9. The van der Waals surface area contributed by atoms with Gasteiger partial charge in [-0.05, 0) is 54.5 Å². The Balaban J connectivity index is 1.56. The van der Waals surface area contributed by atoms with Crippen LogP contribution in [0.4, 0.5) is 0 Å². The number of hydrogen-bond acceptors (Lipinski definition) is 6. The van der Waals surface area contributed by atoms with Crippen LogP contribution in [0, 0.1) is 18.3 Å². The normalized spacial score (nSPS) is 11.0. The van der Waals surface area contributed by atoms with E-state index in [0.29, 0.717) is 22.6 Å². The SMILES string of the molecule is COc1ccc(Cn2c(O)c(C(=O)/C=C/c3cn(-c4ccccc4)nc3-c3ccccc3)c(C)c(C#N)c2=O)cc1. The van der Waals surface area contributed by atoms with E-state index in [1.165, 1.54) is 13.0 Å². The molecule has 0 spiro atoms. The molecule has 2 aromatic heterocycles. The molecule has 8 heteroatoms. The minimum atomic E-state index is -0.672. The van der Waals surface area contributed by atoms with Crippen LogP contribution in [0.25, 0.3) is 23.0 Å². The lowest BCUT2D eigenvalue weighted by Crippen LogP contribution is -2.26. The van der Waals surface area contributed by atoms with Crippen LogP contribution in [0.1, 0.15) is 32.6 Å². The Hall–Kier alpha value is -5.68. The summed E-state index contributed by atoms with van der Waals surface area (Å²) >= 11 is 0. The molecule has 0 aliphatic rings. The Kier molecular flexibility index (Phi) is 7.61. The summed E-state index contributed by atoms with van der Waals surface area (Å²) < 4.78 is 7.95. The zero-order valence-corrected chi connectivity index (χ0v) is 22.5. The lowest BCUT2D eigenvalue weighted by atomic mass is 10.00. The number of ketones is 1. The van der Waals surface area contributed by atoms with E-state index in [9.17, 15) is 20.0 Å². The van der Waals surface area contributed by atoms with E-state index in [1.807, 2.05) is 72.9 Å². The highest BCUT2D eigenvalue weighted by molar-refractivity contribution is 6.09. The Labute approximate surface area is 236 Å². The fourth-order valence-electron chi connectivity index (χ4n) is 4.60. The standard InChI is InChI=1S/C33H26N4O4/c1-22-28(19-34)32(39)36(20-23-13-16-27(41-2)17-14-23)33(40)30(22)29(38)18-15-25-21-37(26-11-7-4-8-12-26)35-31(25)24-9-5-3-6-10-24/h3-18,21,40H,20H2,1-2H3/b18-15+. The van der Waals surface area contributed by atoms with E-state index in [4.69, 9.17) is 9.84 Å². The second kappa shape index (κ2) is 11.6. The number of allylic oxidation sites excluding steroid dienone is 1. The second-order valence-electron chi connectivity index (χ2n) is 9.33. The monoisotopic (exact) mass is 542 g/mol. The number of hydrogen-bond donors (Lipinski definition) is 1. The zero-order chi connectivity index (χ0) is 28.9. The quantitative estimate of drug-likeness (QED) is 0.204. The van der Waals surface area contributed by atoms with Crippen LogP contribution in [0.5, 0.6) is 11.6 Å². The topological polar surface area (TPSA) is 110 Å². The molecular formula is C33H26N4O4. The first-order chi connectivity index (χ1) is 19.9. The Bertz CT molecular complexity index is 1850. The molecule has 0 saturated carbocycles. The number of carbonyl (C=O) groups is 1. The number of nitriles is 1. The predicted octanol–water partition coefficient (Wildman–Crippen LogP) is 5.54. The van der Waals surface area contributed by atoms with Gasteiger partial charge in [0.05, 0.1) is 30.6 Å². The maximum Gasteiger partial charge on any atom is 0.271 e. The number of aromatic nitrogens is 3. The molecule has 2 heterocycles. The van der Waals surface area contributed by atoms with E-state index in [2.05, 4.69) is 0 Å². The van der Waals surface area contributed by atoms with Crippen molar-refractivity contribution in [2.45, 2.75) is 13.5 Å². The lowest BCUT2D eigenvalue weighted by molar-refractivity contribution is 0.104. The van der Waals surface area contributed by atoms with Gasteiger partial charge in [-0.3, -0.25) is 14.2 Å². The fourth-order valence-corrected chi connectivity index (χ4v) is 4.60. The molecule has 0 bridgehead atoms. The molecule has 0 amide bonds. The van der Waals surface area contributed by atoms with Gasteiger partial charge in [0.2, 0.25) is 5.88 Å². The van der Waals surface area contributed by atoms with Gasteiger partial charge in [-0.2, -0.15) is 10.4 Å². The summed E-state index contributed by atoms with van der Waals surface area (Å²) in [5.74, 6) is -0.412. The van der Waals surface area contributed by atoms with Crippen LogP contribution in [0.2, 0.25) is 0 Å². The third-order valence-corrected chi connectivity index (χ3v) is 6.77. The number of nitrogens with zero attached hydrogens (tertiary/aromatic N) is 4. The maximum absolute atomic E-state index is 13.5. The van der Waals surface area contributed by atoms with Crippen molar-refractivity contribution < 1.29 is 14.6 Å². The van der Waals surface area contributed by atoms with Gasteiger partial charge in [0.25, 0.3) is 5.56 Å². The summed E-state index contributed by atoms with van der Waals surface area (Å²) in [5.41, 5.74) is 2.90. The first-order valence-corrected chi connectivity index (χ1v) is 12.8. The van der Waals surface area contributed by atoms with Crippen LogP contribution in [0.15, 0.2) is 102 Å². The highest BCUT2D eigenvalue weighted by Crippen LogP contribution is 2.27. The highest BCUT2D eigenvalue weighted by atomic mass is 16.5. The Morgan fingerprint density at radius 3 is 2.32 bits per heavy atom. The first-order valence-electron chi connectivity index (χ1n) is 12.8. The molecule has 0 aliphatic heterocycles. The average molecular weight is 543 g/mol. The predicted molar refractivity (Wildman–Crippen MR) is 156 cm³/mol. The van der Waals surface area contributed by atoms with Crippen LogP contribution in [0.3, 0.4) is 0 Å². The van der Waals surface area contributed by atoms with Crippen molar-refractivity contribution in [2.24, 2.45) is 0 Å². The van der Waals surface area contributed by atoms with Crippen molar-refractivity contribution in [3.05, 3.63) is 135 Å². The zero-order valence-electron chi connectivity index (χ0n) is 22.5. The summed E-state index contributed by atoms with van der Waals surface area (Å²) in [6, 6.07) is 28.0. The molecule has 5 rings (SSSR count). The molecule has 3 aromatic carbocycles. The average Bonchev–Trinajstić information content (AvgIpc) is 3.44. The molecule has 0 atom stereocenters. The van der Waals surface area contributed by atoms with E-state index in [0.717, 1.165) is 15.8 Å².